The summed E-state index contributed by atoms with van der Waals surface area (Å²) < 4.78 is 0. The highest BCUT2D eigenvalue weighted by Crippen LogP contribution is 2.12. The summed E-state index contributed by atoms with van der Waals surface area (Å²) in [4.78, 5) is 0. The van der Waals surface area contributed by atoms with Crippen LogP contribution in [0.25, 0.3) is 0 Å². The Morgan fingerprint density at radius 2 is 1.21 bits per heavy atom. The maximum atomic E-state index is 3.65. The molecule has 2 N–H and O–H groups in total. The number of anilines is 2. The topological polar surface area (TPSA) is 24.1 Å². The summed E-state index contributed by atoms with van der Waals surface area (Å²) in [5.41, 5.74) is 2.21. The van der Waals surface area contributed by atoms with Crippen LogP contribution in [0.5, 0.6) is 0 Å². The molecular formula is C12H16N2. The molecule has 14 heavy (non-hydrogen) atoms. The van der Waals surface area contributed by atoms with Crippen LogP contribution in [0, 0.1) is 0 Å². The van der Waals surface area contributed by atoms with Crippen molar-refractivity contribution in [3.63, 3.8) is 0 Å². The van der Waals surface area contributed by atoms with Crippen LogP contribution in [0.4, 0.5) is 11.4 Å². The Bertz CT molecular complexity index is 257. The van der Waals surface area contributed by atoms with E-state index in [1.54, 1.807) is 0 Å². The van der Waals surface area contributed by atoms with Crippen molar-refractivity contribution in [3.8, 4) is 0 Å². The van der Waals surface area contributed by atoms with Crippen LogP contribution in [0.15, 0.2) is 49.6 Å². The SMILES string of the molecule is C=CCNc1ccc(NCC=C)cc1. The zero-order chi connectivity index (χ0) is 10.2. The van der Waals surface area contributed by atoms with Crippen LogP contribution in [-0.2, 0) is 0 Å². The van der Waals surface area contributed by atoms with Crippen LogP contribution < -0.4 is 10.6 Å². The molecule has 0 radical (unpaired) electrons. The van der Waals surface area contributed by atoms with Crippen molar-refractivity contribution in [1.82, 2.24) is 0 Å². The molecule has 0 saturated heterocycles. The lowest BCUT2D eigenvalue weighted by atomic mass is 10.2. The van der Waals surface area contributed by atoms with E-state index in [4.69, 9.17) is 0 Å². The number of nitrogens with one attached hydrogen (secondary N) is 2. The van der Waals surface area contributed by atoms with Gasteiger partial charge >= 0.3 is 0 Å². The first-order chi connectivity index (χ1) is 6.86. The third kappa shape index (κ3) is 3.35. The third-order valence-electron chi connectivity index (χ3n) is 1.79. The summed E-state index contributed by atoms with van der Waals surface area (Å²) >= 11 is 0. The number of rotatable bonds is 6. The highest BCUT2D eigenvalue weighted by molar-refractivity contribution is 5.53. The Balaban J connectivity index is 2.49. The molecule has 0 amide bonds. The summed E-state index contributed by atoms with van der Waals surface area (Å²) in [6.07, 6.45) is 3.67. The summed E-state index contributed by atoms with van der Waals surface area (Å²) in [6, 6.07) is 8.15. The Hall–Kier alpha value is -1.70. The fraction of sp³-hybridized carbons (Fsp3) is 0.167. The van der Waals surface area contributed by atoms with Gasteiger partial charge in [0.05, 0.1) is 0 Å². The predicted octanol–water partition coefficient (Wildman–Crippen LogP) is 2.88. The molecule has 2 heteroatoms. The number of hydrogen-bond donors (Lipinski definition) is 2. The van der Waals surface area contributed by atoms with E-state index in [2.05, 4.69) is 23.8 Å². The largest absolute Gasteiger partial charge is 0.382 e. The minimum Gasteiger partial charge on any atom is -0.382 e. The van der Waals surface area contributed by atoms with Gasteiger partial charge in [0.2, 0.25) is 0 Å². The van der Waals surface area contributed by atoms with Gasteiger partial charge in [-0.2, -0.15) is 0 Å². The van der Waals surface area contributed by atoms with Crippen molar-refractivity contribution < 1.29 is 0 Å². The maximum absolute atomic E-state index is 3.65. The molecule has 0 bridgehead atoms. The van der Waals surface area contributed by atoms with E-state index < -0.39 is 0 Å². The molecule has 0 aliphatic carbocycles. The smallest absolute Gasteiger partial charge is 0.0344 e. The van der Waals surface area contributed by atoms with Crippen molar-refractivity contribution >= 4 is 11.4 Å². The van der Waals surface area contributed by atoms with Crippen LogP contribution in [-0.4, -0.2) is 13.1 Å². The van der Waals surface area contributed by atoms with Crippen molar-refractivity contribution in [2.24, 2.45) is 0 Å². The minimum atomic E-state index is 0.791. The molecular weight excluding hydrogens is 172 g/mol. The van der Waals surface area contributed by atoms with Gasteiger partial charge in [-0.15, -0.1) is 13.2 Å². The molecule has 74 valence electrons. The average molecular weight is 188 g/mol. The molecule has 0 saturated carbocycles. The van der Waals surface area contributed by atoms with Gasteiger partial charge in [0.15, 0.2) is 0 Å². The van der Waals surface area contributed by atoms with E-state index in [1.165, 1.54) is 0 Å². The third-order valence-corrected chi connectivity index (χ3v) is 1.79. The molecule has 1 aromatic carbocycles. The Morgan fingerprint density at radius 1 is 0.857 bits per heavy atom. The van der Waals surface area contributed by atoms with E-state index in [-0.39, 0.29) is 0 Å². The second-order valence-electron chi connectivity index (χ2n) is 2.92. The van der Waals surface area contributed by atoms with Gasteiger partial charge in [-0.3, -0.25) is 0 Å². The molecule has 0 aliphatic rings. The normalized spacial score (nSPS) is 9.14. The average Bonchev–Trinajstić information content (AvgIpc) is 2.25. The lowest BCUT2D eigenvalue weighted by Gasteiger charge is -2.06. The summed E-state index contributed by atoms with van der Waals surface area (Å²) in [6.45, 7) is 8.88. The molecule has 0 fully saturated rings. The van der Waals surface area contributed by atoms with Crippen molar-refractivity contribution in [2.75, 3.05) is 23.7 Å². The molecule has 0 aliphatic heterocycles. The first kappa shape index (κ1) is 10.4. The zero-order valence-corrected chi connectivity index (χ0v) is 8.29. The van der Waals surface area contributed by atoms with Gasteiger partial charge < -0.3 is 10.6 Å². The molecule has 1 rings (SSSR count). The second-order valence-corrected chi connectivity index (χ2v) is 2.92. The van der Waals surface area contributed by atoms with Gasteiger partial charge in [0, 0.05) is 24.5 Å². The Labute approximate surface area is 85.3 Å². The molecule has 2 nitrogen and oxygen atoms in total. The molecule has 0 heterocycles. The van der Waals surface area contributed by atoms with Gasteiger partial charge in [0.25, 0.3) is 0 Å². The number of benzene rings is 1. The van der Waals surface area contributed by atoms with Crippen molar-refractivity contribution in [3.05, 3.63) is 49.6 Å². The van der Waals surface area contributed by atoms with Crippen molar-refractivity contribution in [1.29, 1.82) is 0 Å². The Kier molecular flexibility index (Phi) is 4.35. The zero-order valence-electron chi connectivity index (χ0n) is 8.29. The molecule has 0 unspecified atom stereocenters. The maximum Gasteiger partial charge on any atom is 0.0344 e. The highest BCUT2D eigenvalue weighted by atomic mass is 14.9. The van der Waals surface area contributed by atoms with E-state index in [0.29, 0.717) is 0 Å². The first-order valence-electron chi connectivity index (χ1n) is 4.66. The molecule has 0 spiro atoms. The van der Waals surface area contributed by atoms with E-state index >= 15 is 0 Å². The lowest BCUT2D eigenvalue weighted by molar-refractivity contribution is 1.32. The van der Waals surface area contributed by atoms with Crippen LogP contribution in [0.2, 0.25) is 0 Å². The summed E-state index contributed by atoms with van der Waals surface area (Å²) in [7, 11) is 0. The molecule has 0 aromatic heterocycles. The molecule has 1 aromatic rings. The minimum absolute atomic E-state index is 0.791. The van der Waals surface area contributed by atoms with E-state index in [0.717, 1.165) is 24.5 Å². The van der Waals surface area contributed by atoms with Crippen LogP contribution in [0.3, 0.4) is 0 Å². The standard InChI is InChI=1S/C12H16N2/c1-3-9-13-11-5-7-12(8-6-11)14-10-4-2/h3-8,13-14H,1-2,9-10H2. The van der Waals surface area contributed by atoms with Crippen molar-refractivity contribution in [2.45, 2.75) is 0 Å². The van der Waals surface area contributed by atoms with E-state index in [1.807, 2.05) is 36.4 Å². The van der Waals surface area contributed by atoms with Gasteiger partial charge in [-0.05, 0) is 24.3 Å². The monoisotopic (exact) mass is 188 g/mol. The van der Waals surface area contributed by atoms with E-state index in [9.17, 15) is 0 Å². The first-order valence-corrected chi connectivity index (χ1v) is 4.66. The predicted molar refractivity (Wildman–Crippen MR) is 63.8 cm³/mol. The summed E-state index contributed by atoms with van der Waals surface area (Å²) in [5.74, 6) is 0. The lowest BCUT2D eigenvalue weighted by Crippen LogP contribution is -1.99. The fourth-order valence-corrected chi connectivity index (χ4v) is 1.09. The van der Waals surface area contributed by atoms with Crippen LogP contribution >= 0.6 is 0 Å². The van der Waals surface area contributed by atoms with Crippen LogP contribution in [0.1, 0.15) is 0 Å². The number of hydrogen-bond acceptors (Lipinski definition) is 2. The highest BCUT2D eigenvalue weighted by Gasteiger charge is 1.90. The Morgan fingerprint density at radius 3 is 1.50 bits per heavy atom. The van der Waals surface area contributed by atoms with Gasteiger partial charge in [-0.25, -0.2) is 0 Å². The second kappa shape index (κ2) is 5.86. The van der Waals surface area contributed by atoms with Gasteiger partial charge in [0.1, 0.15) is 0 Å². The summed E-state index contributed by atoms with van der Waals surface area (Å²) in [5, 5.41) is 6.42. The quantitative estimate of drug-likeness (QED) is 0.671. The molecule has 0 atom stereocenters. The van der Waals surface area contributed by atoms with Gasteiger partial charge in [-0.1, -0.05) is 12.2 Å². The fourth-order valence-electron chi connectivity index (χ4n) is 1.09.